The van der Waals surface area contributed by atoms with Gasteiger partial charge < -0.3 is 21.5 Å². The molecular formula is C14H22N6O3. The lowest BCUT2D eigenvalue weighted by Gasteiger charge is -2.34. The summed E-state index contributed by atoms with van der Waals surface area (Å²) in [6, 6.07) is 1.88. The first-order valence-corrected chi connectivity index (χ1v) is 7.47. The topological polar surface area (TPSA) is 139 Å². The zero-order chi connectivity index (χ0) is 17.0. The fourth-order valence-corrected chi connectivity index (χ4v) is 2.79. The number of carbonyl (C=O) groups is 2. The summed E-state index contributed by atoms with van der Waals surface area (Å²) < 4.78 is 0. The van der Waals surface area contributed by atoms with E-state index in [0.717, 1.165) is 42.3 Å². The minimum absolute atomic E-state index is 0.196. The molecule has 2 rings (SSSR count). The van der Waals surface area contributed by atoms with Gasteiger partial charge in [0, 0.05) is 31.4 Å². The van der Waals surface area contributed by atoms with Crippen LogP contribution >= 0.6 is 0 Å². The molecular weight excluding hydrogens is 300 g/mol. The van der Waals surface area contributed by atoms with E-state index in [1.807, 2.05) is 13.0 Å². The third-order valence-electron chi connectivity index (χ3n) is 3.89. The number of aryl methyl sites for hydroxylation is 1. The minimum Gasteiger partial charge on any atom is -0.465 e. The van der Waals surface area contributed by atoms with Gasteiger partial charge in [0.1, 0.15) is 12.4 Å². The molecule has 5 N–H and O–H groups in total. The van der Waals surface area contributed by atoms with Crippen LogP contribution in [0.25, 0.3) is 0 Å². The number of hydrogen-bond acceptors (Lipinski definition) is 6. The van der Waals surface area contributed by atoms with E-state index in [-0.39, 0.29) is 18.4 Å². The Bertz CT molecular complexity index is 566. The molecule has 1 fully saturated rings. The standard InChI is InChI=1S/C14H22N6O3/c1-9-6-12(18-13(16)17-9)19-4-2-10(3-5-19)7-20(14(22)23)8-11(15)21/h6,10H,2-5,7-8H2,1H3,(H2,15,21)(H,22,23)(H2,16,17,18). The Labute approximate surface area is 134 Å². The molecule has 0 aromatic carbocycles. The first-order chi connectivity index (χ1) is 10.8. The molecule has 0 unspecified atom stereocenters. The van der Waals surface area contributed by atoms with Crippen molar-refractivity contribution in [1.29, 1.82) is 0 Å². The van der Waals surface area contributed by atoms with Gasteiger partial charge in [0.15, 0.2) is 0 Å². The van der Waals surface area contributed by atoms with Crippen molar-refractivity contribution in [1.82, 2.24) is 14.9 Å². The molecule has 1 aliphatic heterocycles. The Balaban J connectivity index is 1.92. The minimum atomic E-state index is -1.12. The second-order valence-corrected chi connectivity index (χ2v) is 5.79. The molecule has 1 aromatic heterocycles. The van der Waals surface area contributed by atoms with E-state index in [2.05, 4.69) is 14.9 Å². The zero-order valence-electron chi connectivity index (χ0n) is 13.1. The number of anilines is 2. The van der Waals surface area contributed by atoms with Crippen molar-refractivity contribution in [3.63, 3.8) is 0 Å². The van der Waals surface area contributed by atoms with Crippen LogP contribution in [0.5, 0.6) is 0 Å². The van der Waals surface area contributed by atoms with Gasteiger partial charge in [0.05, 0.1) is 0 Å². The lowest BCUT2D eigenvalue weighted by molar-refractivity contribution is -0.119. The van der Waals surface area contributed by atoms with Crippen molar-refractivity contribution in [2.45, 2.75) is 19.8 Å². The number of nitrogens with two attached hydrogens (primary N) is 2. The van der Waals surface area contributed by atoms with Crippen molar-refractivity contribution in [2.24, 2.45) is 11.7 Å². The molecule has 2 amide bonds. The van der Waals surface area contributed by atoms with E-state index >= 15 is 0 Å². The monoisotopic (exact) mass is 322 g/mol. The Morgan fingerprint density at radius 3 is 2.57 bits per heavy atom. The van der Waals surface area contributed by atoms with Crippen molar-refractivity contribution in [3.05, 3.63) is 11.8 Å². The second kappa shape index (κ2) is 7.12. The number of amides is 2. The largest absolute Gasteiger partial charge is 0.465 e. The van der Waals surface area contributed by atoms with Crippen LogP contribution in [0.4, 0.5) is 16.6 Å². The molecule has 126 valence electrons. The number of hydrogen-bond donors (Lipinski definition) is 3. The SMILES string of the molecule is Cc1cc(N2CCC(CN(CC(N)=O)C(=O)O)CC2)nc(N)n1. The quantitative estimate of drug-likeness (QED) is 0.696. The molecule has 1 aromatic rings. The van der Waals surface area contributed by atoms with E-state index in [4.69, 9.17) is 16.6 Å². The highest BCUT2D eigenvalue weighted by atomic mass is 16.4. The number of primary amides is 1. The number of aromatic nitrogens is 2. The lowest BCUT2D eigenvalue weighted by Crippen LogP contribution is -2.43. The molecule has 1 aliphatic rings. The number of carboxylic acid groups (broad SMARTS) is 1. The van der Waals surface area contributed by atoms with E-state index in [1.165, 1.54) is 0 Å². The summed E-state index contributed by atoms with van der Waals surface area (Å²) >= 11 is 0. The lowest BCUT2D eigenvalue weighted by atomic mass is 9.96. The van der Waals surface area contributed by atoms with Gasteiger partial charge in [-0.3, -0.25) is 9.69 Å². The number of carbonyl (C=O) groups excluding carboxylic acids is 1. The Morgan fingerprint density at radius 2 is 2.04 bits per heavy atom. The summed E-state index contributed by atoms with van der Waals surface area (Å²) in [6.45, 7) is 3.42. The van der Waals surface area contributed by atoms with Crippen LogP contribution in [0.15, 0.2) is 6.07 Å². The van der Waals surface area contributed by atoms with E-state index in [1.54, 1.807) is 0 Å². The van der Waals surface area contributed by atoms with Crippen LogP contribution in [0.1, 0.15) is 18.5 Å². The fraction of sp³-hybridized carbons (Fsp3) is 0.571. The summed E-state index contributed by atoms with van der Waals surface area (Å²) in [5, 5.41) is 9.12. The molecule has 0 spiro atoms. The van der Waals surface area contributed by atoms with E-state index < -0.39 is 12.0 Å². The van der Waals surface area contributed by atoms with Gasteiger partial charge in [-0.15, -0.1) is 0 Å². The molecule has 2 heterocycles. The summed E-state index contributed by atoms with van der Waals surface area (Å²) in [5.74, 6) is 0.597. The first-order valence-electron chi connectivity index (χ1n) is 7.47. The third kappa shape index (κ3) is 4.70. The van der Waals surface area contributed by atoms with Crippen LogP contribution in [-0.4, -0.2) is 58.2 Å². The second-order valence-electron chi connectivity index (χ2n) is 5.79. The predicted octanol–water partition coefficient (Wildman–Crippen LogP) is 0.0489. The third-order valence-corrected chi connectivity index (χ3v) is 3.89. The Kier molecular flexibility index (Phi) is 5.20. The molecule has 9 nitrogen and oxygen atoms in total. The number of nitrogen functional groups attached to an aromatic ring is 1. The normalized spacial score (nSPS) is 15.4. The molecule has 1 saturated heterocycles. The maximum atomic E-state index is 11.1. The maximum Gasteiger partial charge on any atom is 0.407 e. The highest BCUT2D eigenvalue weighted by Gasteiger charge is 2.25. The van der Waals surface area contributed by atoms with Gasteiger partial charge in [0.2, 0.25) is 11.9 Å². The number of rotatable bonds is 5. The van der Waals surface area contributed by atoms with Crippen LogP contribution in [0, 0.1) is 12.8 Å². The predicted molar refractivity (Wildman–Crippen MR) is 84.9 cm³/mol. The smallest absolute Gasteiger partial charge is 0.407 e. The van der Waals surface area contributed by atoms with E-state index in [9.17, 15) is 9.59 Å². The van der Waals surface area contributed by atoms with Gasteiger partial charge in [-0.25, -0.2) is 9.78 Å². The van der Waals surface area contributed by atoms with Gasteiger partial charge in [-0.1, -0.05) is 0 Å². The molecule has 0 aliphatic carbocycles. The molecule has 0 bridgehead atoms. The van der Waals surface area contributed by atoms with Crippen LogP contribution in [0.3, 0.4) is 0 Å². The molecule has 0 radical (unpaired) electrons. The summed E-state index contributed by atoms with van der Waals surface area (Å²) in [5.41, 5.74) is 11.6. The molecule has 0 saturated carbocycles. The van der Waals surface area contributed by atoms with Crippen molar-refractivity contribution < 1.29 is 14.7 Å². The van der Waals surface area contributed by atoms with Crippen LogP contribution < -0.4 is 16.4 Å². The number of piperidine rings is 1. The maximum absolute atomic E-state index is 11.1. The van der Waals surface area contributed by atoms with Gasteiger partial charge in [-0.2, -0.15) is 4.98 Å². The number of nitrogens with zero attached hydrogens (tertiary/aromatic N) is 4. The summed E-state index contributed by atoms with van der Waals surface area (Å²) in [7, 11) is 0. The molecule has 0 atom stereocenters. The van der Waals surface area contributed by atoms with Crippen molar-refractivity contribution in [2.75, 3.05) is 36.8 Å². The Morgan fingerprint density at radius 1 is 1.39 bits per heavy atom. The first kappa shape index (κ1) is 16.8. The van der Waals surface area contributed by atoms with Crippen molar-refractivity contribution >= 4 is 23.8 Å². The summed E-state index contributed by atoms with van der Waals surface area (Å²) in [6.07, 6.45) is 0.502. The van der Waals surface area contributed by atoms with Crippen molar-refractivity contribution in [3.8, 4) is 0 Å². The average molecular weight is 322 g/mol. The van der Waals surface area contributed by atoms with Gasteiger partial charge in [0.25, 0.3) is 0 Å². The average Bonchev–Trinajstić information content (AvgIpc) is 2.45. The zero-order valence-corrected chi connectivity index (χ0v) is 13.1. The highest BCUT2D eigenvalue weighted by Crippen LogP contribution is 2.23. The highest BCUT2D eigenvalue weighted by molar-refractivity contribution is 5.80. The Hall–Kier alpha value is -2.58. The van der Waals surface area contributed by atoms with E-state index in [0.29, 0.717) is 6.54 Å². The van der Waals surface area contributed by atoms with Crippen LogP contribution in [0.2, 0.25) is 0 Å². The van der Waals surface area contributed by atoms with Crippen LogP contribution in [-0.2, 0) is 4.79 Å². The summed E-state index contributed by atoms with van der Waals surface area (Å²) in [4.78, 5) is 33.6. The van der Waals surface area contributed by atoms with Gasteiger partial charge >= 0.3 is 6.09 Å². The molecule has 9 heteroatoms. The van der Waals surface area contributed by atoms with Gasteiger partial charge in [-0.05, 0) is 25.7 Å². The fourth-order valence-electron chi connectivity index (χ4n) is 2.79. The molecule has 23 heavy (non-hydrogen) atoms.